The summed E-state index contributed by atoms with van der Waals surface area (Å²) < 4.78 is 0. The molecule has 6 heteroatoms. The molecule has 0 radical (unpaired) electrons. The van der Waals surface area contributed by atoms with Gasteiger partial charge in [0.25, 0.3) is 0 Å². The molecule has 1 saturated heterocycles. The summed E-state index contributed by atoms with van der Waals surface area (Å²) in [6.07, 6.45) is 1.88. The van der Waals surface area contributed by atoms with Gasteiger partial charge in [-0.05, 0) is 0 Å². The van der Waals surface area contributed by atoms with Crippen LogP contribution in [0.2, 0.25) is 0 Å². The summed E-state index contributed by atoms with van der Waals surface area (Å²) in [5.74, 6) is 0.830. The van der Waals surface area contributed by atoms with Gasteiger partial charge < -0.3 is 10.4 Å². The number of hydrogen-bond acceptors (Lipinski definition) is 4. The molecule has 0 aromatic carbocycles. The molecule has 1 aliphatic heterocycles. The summed E-state index contributed by atoms with van der Waals surface area (Å²) in [6, 6.07) is 0. The zero-order valence-electron chi connectivity index (χ0n) is 9.02. The molecule has 5 nitrogen and oxygen atoms in total. The second kappa shape index (κ2) is 7.29. The number of nitrogens with one attached hydrogen (secondary N) is 1. The molecule has 1 fully saturated rings. The van der Waals surface area contributed by atoms with Crippen molar-refractivity contribution in [2.24, 2.45) is 0 Å². The Labute approximate surface area is 98.9 Å². The van der Waals surface area contributed by atoms with Crippen LogP contribution in [-0.4, -0.2) is 59.6 Å². The monoisotopic (exact) mass is 244 g/mol. The highest BCUT2D eigenvalue weighted by atomic mass is 32.2. The SMILES string of the molecule is O=C(O)/C=C/C(=O)NCCN1CCSCC1. The Bertz CT molecular complexity index is 275. The quantitative estimate of drug-likeness (QED) is 0.655. The first-order valence-corrected chi connectivity index (χ1v) is 6.33. The maximum atomic E-state index is 11.1. The van der Waals surface area contributed by atoms with Gasteiger partial charge in [0.05, 0.1) is 0 Å². The molecular formula is C10H16N2O3S. The molecule has 0 spiro atoms. The molecule has 1 amide bonds. The average Bonchev–Trinajstić information content (AvgIpc) is 2.28. The van der Waals surface area contributed by atoms with Crippen molar-refractivity contribution < 1.29 is 14.7 Å². The van der Waals surface area contributed by atoms with E-state index >= 15 is 0 Å². The van der Waals surface area contributed by atoms with Crippen LogP contribution in [0.4, 0.5) is 0 Å². The number of carboxylic acids is 1. The lowest BCUT2D eigenvalue weighted by Crippen LogP contribution is -2.38. The van der Waals surface area contributed by atoms with Gasteiger partial charge in [0.2, 0.25) is 5.91 Å². The Hall–Kier alpha value is -1.01. The minimum atomic E-state index is -1.11. The van der Waals surface area contributed by atoms with E-state index in [0.29, 0.717) is 6.54 Å². The standard InChI is InChI=1S/C10H16N2O3S/c13-9(1-2-10(14)15)11-3-4-12-5-7-16-8-6-12/h1-2H,3-8H2,(H,11,13)(H,14,15)/b2-1+. The Morgan fingerprint density at radius 2 is 2.00 bits per heavy atom. The van der Waals surface area contributed by atoms with Gasteiger partial charge in [0, 0.05) is 49.8 Å². The number of nitrogens with zero attached hydrogens (tertiary/aromatic N) is 1. The third kappa shape index (κ3) is 5.77. The zero-order chi connectivity index (χ0) is 11.8. The van der Waals surface area contributed by atoms with Crippen molar-refractivity contribution >= 4 is 23.6 Å². The number of thioether (sulfide) groups is 1. The molecule has 0 unspecified atom stereocenters. The molecule has 0 bridgehead atoms. The van der Waals surface area contributed by atoms with Gasteiger partial charge in [0.1, 0.15) is 0 Å². The van der Waals surface area contributed by atoms with E-state index in [0.717, 1.165) is 43.3 Å². The highest BCUT2D eigenvalue weighted by Gasteiger charge is 2.09. The molecule has 0 atom stereocenters. The van der Waals surface area contributed by atoms with E-state index in [1.807, 2.05) is 11.8 Å². The topological polar surface area (TPSA) is 69.6 Å². The summed E-state index contributed by atoms with van der Waals surface area (Å²) >= 11 is 1.94. The lowest BCUT2D eigenvalue weighted by Gasteiger charge is -2.25. The van der Waals surface area contributed by atoms with E-state index < -0.39 is 5.97 Å². The second-order valence-electron chi connectivity index (χ2n) is 3.42. The molecular weight excluding hydrogens is 228 g/mol. The van der Waals surface area contributed by atoms with Crippen molar-refractivity contribution in [2.75, 3.05) is 37.7 Å². The van der Waals surface area contributed by atoms with E-state index in [1.54, 1.807) is 0 Å². The van der Waals surface area contributed by atoms with Crippen LogP contribution in [-0.2, 0) is 9.59 Å². The summed E-state index contributed by atoms with van der Waals surface area (Å²) in [5.41, 5.74) is 0. The van der Waals surface area contributed by atoms with E-state index in [4.69, 9.17) is 5.11 Å². The molecule has 16 heavy (non-hydrogen) atoms. The fraction of sp³-hybridized carbons (Fsp3) is 0.600. The number of aliphatic carboxylic acids is 1. The third-order valence-corrected chi connectivity index (χ3v) is 3.15. The first-order chi connectivity index (χ1) is 7.68. The fourth-order valence-electron chi connectivity index (χ4n) is 1.37. The lowest BCUT2D eigenvalue weighted by molar-refractivity contribution is -0.131. The van der Waals surface area contributed by atoms with Crippen molar-refractivity contribution in [3.05, 3.63) is 12.2 Å². The molecule has 1 heterocycles. The molecule has 0 saturated carbocycles. The Morgan fingerprint density at radius 3 is 2.62 bits per heavy atom. The minimum Gasteiger partial charge on any atom is -0.478 e. The zero-order valence-corrected chi connectivity index (χ0v) is 9.83. The summed E-state index contributed by atoms with van der Waals surface area (Å²) in [4.78, 5) is 23.5. The van der Waals surface area contributed by atoms with Gasteiger partial charge in [-0.15, -0.1) is 0 Å². The van der Waals surface area contributed by atoms with Gasteiger partial charge in [0.15, 0.2) is 0 Å². The van der Waals surface area contributed by atoms with Gasteiger partial charge in [-0.25, -0.2) is 4.79 Å². The number of amides is 1. The van der Waals surface area contributed by atoms with Gasteiger partial charge in [-0.1, -0.05) is 0 Å². The first kappa shape index (κ1) is 13.1. The van der Waals surface area contributed by atoms with Crippen LogP contribution in [0.25, 0.3) is 0 Å². The minimum absolute atomic E-state index is 0.353. The normalized spacial score (nSPS) is 17.5. The Kier molecular flexibility index (Phi) is 5.95. The van der Waals surface area contributed by atoms with Gasteiger partial charge in [-0.2, -0.15) is 11.8 Å². The fourth-order valence-corrected chi connectivity index (χ4v) is 2.35. The Morgan fingerprint density at radius 1 is 1.31 bits per heavy atom. The predicted molar refractivity (Wildman–Crippen MR) is 63.6 cm³/mol. The summed E-state index contributed by atoms with van der Waals surface area (Å²) in [6.45, 7) is 3.51. The smallest absolute Gasteiger partial charge is 0.328 e. The van der Waals surface area contributed by atoms with Crippen LogP contribution >= 0.6 is 11.8 Å². The number of carbonyl (C=O) groups is 2. The Balaban J connectivity index is 2.09. The highest BCUT2D eigenvalue weighted by molar-refractivity contribution is 7.99. The van der Waals surface area contributed by atoms with Crippen LogP contribution in [0.15, 0.2) is 12.2 Å². The van der Waals surface area contributed by atoms with Crippen LogP contribution in [0, 0.1) is 0 Å². The van der Waals surface area contributed by atoms with Gasteiger partial charge >= 0.3 is 5.97 Å². The maximum absolute atomic E-state index is 11.1. The van der Waals surface area contributed by atoms with Crippen molar-refractivity contribution in [3.63, 3.8) is 0 Å². The number of hydrogen-bond donors (Lipinski definition) is 2. The maximum Gasteiger partial charge on any atom is 0.328 e. The van der Waals surface area contributed by atoms with Crippen molar-refractivity contribution in [1.82, 2.24) is 10.2 Å². The van der Waals surface area contributed by atoms with Gasteiger partial charge in [-0.3, -0.25) is 9.69 Å². The molecule has 2 N–H and O–H groups in total. The van der Waals surface area contributed by atoms with E-state index in [1.165, 1.54) is 0 Å². The highest BCUT2D eigenvalue weighted by Crippen LogP contribution is 2.07. The largest absolute Gasteiger partial charge is 0.478 e. The molecule has 90 valence electrons. The van der Waals surface area contributed by atoms with E-state index in [2.05, 4.69) is 10.2 Å². The average molecular weight is 244 g/mol. The number of carbonyl (C=O) groups excluding carboxylic acids is 1. The number of rotatable bonds is 5. The van der Waals surface area contributed by atoms with Crippen LogP contribution in [0.5, 0.6) is 0 Å². The molecule has 0 aromatic heterocycles. The lowest BCUT2D eigenvalue weighted by atomic mass is 10.4. The van der Waals surface area contributed by atoms with E-state index in [9.17, 15) is 9.59 Å². The van der Waals surface area contributed by atoms with E-state index in [-0.39, 0.29) is 5.91 Å². The van der Waals surface area contributed by atoms with Crippen LogP contribution in [0.3, 0.4) is 0 Å². The summed E-state index contributed by atoms with van der Waals surface area (Å²) in [5, 5.41) is 11.0. The van der Waals surface area contributed by atoms with Crippen LogP contribution < -0.4 is 5.32 Å². The number of carboxylic acid groups (broad SMARTS) is 1. The molecule has 0 aliphatic carbocycles. The molecule has 1 aliphatic rings. The van der Waals surface area contributed by atoms with Crippen molar-refractivity contribution in [2.45, 2.75) is 0 Å². The predicted octanol–water partition coefficient (Wildman–Crippen LogP) is -0.208. The van der Waals surface area contributed by atoms with Crippen molar-refractivity contribution in [3.8, 4) is 0 Å². The third-order valence-electron chi connectivity index (χ3n) is 2.21. The molecule has 1 rings (SSSR count). The second-order valence-corrected chi connectivity index (χ2v) is 4.64. The molecule has 0 aromatic rings. The first-order valence-electron chi connectivity index (χ1n) is 5.17. The van der Waals surface area contributed by atoms with Crippen LogP contribution in [0.1, 0.15) is 0 Å². The summed E-state index contributed by atoms with van der Waals surface area (Å²) in [7, 11) is 0. The van der Waals surface area contributed by atoms with Crippen molar-refractivity contribution in [1.29, 1.82) is 0 Å².